The Bertz CT molecular complexity index is 372. The number of hydrogen-bond donors (Lipinski definition) is 3. The molecule has 96 valence electrons. The van der Waals surface area contributed by atoms with Crippen LogP contribution in [-0.2, 0) is 19.7 Å². The second-order valence-corrected chi connectivity index (χ2v) is 3.88. The van der Waals surface area contributed by atoms with Gasteiger partial charge in [-0.1, -0.05) is 0 Å². The molecule has 0 unspecified atom stereocenters. The van der Waals surface area contributed by atoms with E-state index in [1.165, 1.54) is 0 Å². The maximum atomic E-state index is 10.2. The molecule has 0 heterocycles. The molecule has 9 nitrogen and oxygen atoms in total. The molecule has 0 saturated carbocycles. The molecular weight excluding hydrogens is 244 g/mol. The average Bonchev–Trinajstić information content (AvgIpc) is 1.94. The summed E-state index contributed by atoms with van der Waals surface area (Å²) >= 11 is 0. The summed E-state index contributed by atoms with van der Waals surface area (Å²) < 4.78 is 28.6. The molecule has 0 aromatic heterocycles. The summed E-state index contributed by atoms with van der Waals surface area (Å²) in [5.74, 6) is -4.49. The third-order valence-corrected chi connectivity index (χ3v) is 1.90. The highest BCUT2D eigenvalue weighted by Gasteiger charge is 2.07. The minimum Gasteiger partial charge on any atom is -0.545 e. The van der Waals surface area contributed by atoms with Crippen molar-refractivity contribution in [2.75, 3.05) is 5.75 Å². The lowest BCUT2D eigenvalue weighted by molar-refractivity contribution is -0.303. The fourth-order valence-corrected chi connectivity index (χ4v) is 1.09. The Hall–Kier alpha value is -1.49. The summed E-state index contributed by atoms with van der Waals surface area (Å²) in [5.41, 5.74) is -0.761. The van der Waals surface area contributed by atoms with Crippen LogP contribution in [0.25, 0.3) is 0 Å². The van der Waals surface area contributed by atoms with Gasteiger partial charge in [0.1, 0.15) is 0 Å². The number of carboxylic acid groups (broad SMARTS) is 2. The number of aliphatic carboxylic acids is 2. The van der Waals surface area contributed by atoms with Gasteiger partial charge in [-0.05, 0) is 18.1 Å². The van der Waals surface area contributed by atoms with Crippen LogP contribution in [-0.4, -0.2) is 30.7 Å². The molecule has 0 amide bonds. The standard InChI is InChI=1S/C6H8O7S.2H3N/c7-5(8)3-4(6(9)10)1-2-14(11,12)13;;/h3H,1-2H2,(H,7,8)(H,9,10)(H,11,12,13);2*1H3/b4-3+;;. The second-order valence-electron chi connectivity index (χ2n) is 2.31. The number of carbonyl (C=O) groups excluding carboxylic acids is 2. The van der Waals surface area contributed by atoms with Crippen LogP contribution >= 0.6 is 0 Å². The molecule has 0 aliphatic rings. The van der Waals surface area contributed by atoms with Crippen molar-refractivity contribution in [1.82, 2.24) is 12.3 Å². The smallest absolute Gasteiger partial charge is 0.265 e. The van der Waals surface area contributed by atoms with E-state index >= 15 is 0 Å². The highest BCUT2D eigenvalue weighted by Crippen LogP contribution is 2.01. The second kappa shape index (κ2) is 7.76. The highest BCUT2D eigenvalue weighted by molar-refractivity contribution is 7.85. The Kier molecular flexibility index (Phi) is 9.69. The van der Waals surface area contributed by atoms with Crippen molar-refractivity contribution in [3.63, 3.8) is 0 Å². The van der Waals surface area contributed by atoms with Gasteiger partial charge < -0.3 is 32.1 Å². The van der Waals surface area contributed by atoms with Gasteiger partial charge in [0.25, 0.3) is 10.1 Å². The van der Waals surface area contributed by atoms with E-state index in [9.17, 15) is 28.2 Å². The molecule has 0 aromatic rings. The molecule has 0 aliphatic heterocycles. The summed E-state index contributed by atoms with van der Waals surface area (Å²) in [6, 6.07) is 0. The summed E-state index contributed by atoms with van der Waals surface area (Å²) in [5, 5.41) is 20.2. The van der Waals surface area contributed by atoms with Gasteiger partial charge in [-0.25, -0.2) is 0 Å². The first-order chi connectivity index (χ1) is 6.22. The van der Waals surface area contributed by atoms with Crippen LogP contribution in [0.5, 0.6) is 0 Å². The molecular formula is C6H14N2O7S. The molecule has 10 heteroatoms. The van der Waals surface area contributed by atoms with E-state index in [1.807, 2.05) is 0 Å². The van der Waals surface area contributed by atoms with Gasteiger partial charge in [-0.3, -0.25) is 4.55 Å². The van der Waals surface area contributed by atoms with Gasteiger partial charge in [0.15, 0.2) is 0 Å². The normalized spacial score (nSPS) is 10.9. The fraction of sp³-hybridized carbons (Fsp3) is 0.333. The van der Waals surface area contributed by atoms with Crippen LogP contribution < -0.4 is 22.5 Å². The predicted octanol–water partition coefficient (Wildman–Crippen LogP) is -2.56. The molecule has 0 spiro atoms. The van der Waals surface area contributed by atoms with Gasteiger partial charge in [0.2, 0.25) is 0 Å². The quantitative estimate of drug-likeness (QED) is 0.354. The molecule has 0 atom stereocenters. The molecule has 16 heavy (non-hydrogen) atoms. The molecule has 0 bridgehead atoms. The minimum atomic E-state index is -4.33. The molecule has 9 N–H and O–H groups in total. The van der Waals surface area contributed by atoms with Crippen molar-refractivity contribution in [2.45, 2.75) is 6.42 Å². The Morgan fingerprint density at radius 1 is 1.19 bits per heavy atom. The zero-order chi connectivity index (χ0) is 11.4. The number of rotatable bonds is 5. The van der Waals surface area contributed by atoms with Gasteiger partial charge in [0, 0.05) is 0 Å². The van der Waals surface area contributed by atoms with Crippen molar-refractivity contribution in [1.29, 1.82) is 0 Å². The molecule has 0 aromatic carbocycles. The number of hydrogen-bond acceptors (Lipinski definition) is 6. The summed E-state index contributed by atoms with van der Waals surface area (Å²) in [7, 11) is -4.33. The van der Waals surface area contributed by atoms with Gasteiger partial charge in [0.05, 0.1) is 17.7 Å². The van der Waals surface area contributed by atoms with E-state index in [0.717, 1.165) is 0 Å². The van der Waals surface area contributed by atoms with E-state index in [1.54, 1.807) is 0 Å². The number of carboxylic acids is 2. The van der Waals surface area contributed by atoms with Crippen LogP contribution in [0.3, 0.4) is 0 Å². The van der Waals surface area contributed by atoms with Gasteiger partial charge in [-0.15, -0.1) is 0 Å². The lowest BCUT2D eigenvalue weighted by Crippen LogP contribution is -2.28. The largest absolute Gasteiger partial charge is 0.545 e. The zero-order valence-electron chi connectivity index (χ0n) is 8.80. The van der Waals surface area contributed by atoms with Crippen molar-refractivity contribution in [3.8, 4) is 0 Å². The maximum Gasteiger partial charge on any atom is 0.265 e. The summed E-state index contributed by atoms with van der Waals surface area (Å²) in [4.78, 5) is 20.2. The van der Waals surface area contributed by atoms with Crippen molar-refractivity contribution in [3.05, 3.63) is 11.6 Å². The Morgan fingerprint density at radius 2 is 1.62 bits per heavy atom. The van der Waals surface area contributed by atoms with E-state index < -0.39 is 39.8 Å². The van der Waals surface area contributed by atoms with E-state index in [4.69, 9.17) is 4.55 Å². The van der Waals surface area contributed by atoms with E-state index in [-0.39, 0.29) is 18.4 Å². The highest BCUT2D eigenvalue weighted by atomic mass is 32.2. The maximum absolute atomic E-state index is 10.2. The van der Waals surface area contributed by atoms with E-state index in [0.29, 0.717) is 0 Å². The van der Waals surface area contributed by atoms with Crippen molar-refractivity contribution < 1.29 is 32.8 Å². The zero-order valence-corrected chi connectivity index (χ0v) is 9.61. The van der Waals surface area contributed by atoms with Crippen LogP contribution in [0, 0.1) is 0 Å². The first kappa shape index (κ1) is 20.0. The molecule has 0 saturated heterocycles. The molecule has 0 fully saturated rings. The van der Waals surface area contributed by atoms with E-state index in [2.05, 4.69) is 0 Å². The van der Waals surface area contributed by atoms with Crippen LogP contribution in [0.4, 0.5) is 0 Å². The number of carbonyl (C=O) groups is 2. The van der Waals surface area contributed by atoms with Crippen LogP contribution in [0.15, 0.2) is 11.6 Å². The van der Waals surface area contributed by atoms with Gasteiger partial charge in [-0.2, -0.15) is 8.42 Å². The van der Waals surface area contributed by atoms with Crippen LogP contribution in [0.1, 0.15) is 6.42 Å². The Labute approximate surface area is 91.7 Å². The lowest BCUT2D eigenvalue weighted by Gasteiger charge is -2.07. The van der Waals surface area contributed by atoms with Crippen molar-refractivity contribution >= 4 is 22.1 Å². The third-order valence-electron chi connectivity index (χ3n) is 1.18. The lowest BCUT2D eigenvalue weighted by atomic mass is 10.2. The van der Waals surface area contributed by atoms with Gasteiger partial charge >= 0.3 is 0 Å². The van der Waals surface area contributed by atoms with Crippen molar-refractivity contribution in [2.24, 2.45) is 0 Å². The number of quaternary nitrogens is 2. The topological polar surface area (TPSA) is 208 Å². The monoisotopic (exact) mass is 258 g/mol. The Balaban J connectivity index is -0.000000845. The molecule has 0 radical (unpaired) electrons. The first-order valence-electron chi connectivity index (χ1n) is 3.30. The predicted molar refractivity (Wildman–Crippen MR) is 51.1 cm³/mol. The average molecular weight is 258 g/mol. The minimum absolute atomic E-state index is 0. The first-order valence-corrected chi connectivity index (χ1v) is 4.91. The van der Waals surface area contributed by atoms with Crippen LogP contribution in [0.2, 0.25) is 0 Å². The molecule has 0 aliphatic carbocycles. The summed E-state index contributed by atoms with van der Waals surface area (Å²) in [6.45, 7) is 0. The molecule has 0 rings (SSSR count). The Morgan fingerprint density at radius 3 is 1.88 bits per heavy atom. The SMILES string of the molecule is O=C([O-])/C=C(\CCS(=O)(=O)O)C(=O)[O-].[NH4+].[NH4+]. The third kappa shape index (κ3) is 10.6. The fourth-order valence-electron chi connectivity index (χ4n) is 0.614. The summed E-state index contributed by atoms with van der Waals surface area (Å²) in [6.07, 6.45) is -0.449.